The van der Waals surface area contributed by atoms with Crippen LogP contribution in [0.2, 0.25) is 5.02 Å². The van der Waals surface area contributed by atoms with Gasteiger partial charge in [0.15, 0.2) is 0 Å². The molecule has 1 aliphatic carbocycles. The van der Waals surface area contributed by atoms with Gasteiger partial charge in [0.25, 0.3) is 0 Å². The molecule has 4 rings (SSSR count). The number of hydrogen-bond acceptors (Lipinski definition) is 3. The van der Waals surface area contributed by atoms with Gasteiger partial charge in [-0.15, -0.1) is 0 Å². The summed E-state index contributed by atoms with van der Waals surface area (Å²) in [5.41, 5.74) is 1.34. The maximum atomic E-state index is 13.7. The van der Waals surface area contributed by atoms with E-state index in [0.717, 1.165) is 18.4 Å². The average Bonchev–Trinajstić information content (AvgIpc) is 3.53. The van der Waals surface area contributed by atoms with Crippen molar-refractivity contribution in [2.75, 3.05) is 13.6 Å². The number of benzene rings is 2. The summed E-state index contributed by atoms with van der Waals surface area (Å²) in [5.74, 6) is -1.28. The predicted octanol–water partition coefficient (Wildman–Crippen LogP) is 4.24. The summed E-state index contributed by atoms with van der Waals surface area (Å²) >= 11 is 5.72. The quantitative estimate of drug-likeness (QED) is 0.719. The number of rotatable bonds is 6. The van der Waals surface area contributed by atoms with Gasteiger partial charge in [-0.2, -0.15) is 5.01 Å². The third-order valence-corrected chi connectivity index (χ3v) is 5.97. The molecule has 1 unspecified atom stereocenters. The van der Waals surface area contributed by atoms with E-state index in [1.165, 1.54) is 29.3 Å². The summed E-state index contributed by atoms with van der Waals surface area (Å²) in [6.07, 6.45) is 1.39. The fourth-order valence-corrected chi connectivity index (χ4v) is 3.99. The van der Waals surface area contributed by atoms with Crippen LogP contribution in [0.4, 0.5) is 13.6 Å². The van der Waals surface area contributed by atoms with Gasteiger partial charge in [0.2, 0.25) is 5.91 Å². The molecule has 2 aliphatic rings. The monoisotopic (exact) mass is 448 g/mol. The molecule has 0 bridgehead atoms. The summed E-state index contributed by atoms with van der Waals surface area (Å²) < 4.78 is 27.1. The number of halogens is 3. The van der Waals surface area contributed by atoms with Crippen LogP contribution in [-0.2, 0) is 4.79 Å². The maximum Gasteiger partial charge on any atom is 0.336 e. The van der Waals surface area contributed by atoms with Gasteiger partial charge in [-0.1, -0.05) is 29.8 Å². The molecule has 0 spiro atoms. The van der Waals surface area contributed by atoms with Crippen LogP contribution in [0.25, 0.3) is 0 Å². The largest absolute Gasteiger partial charge is 0.348 e. The van der Waals surface area contributed by atoms with E-state index >= 15 is 0 Å². The third kappa shape index (κ3) is 4.36. The van der Waals surface area contributed by atoms with Crippen molar-refractivity contribution in [3.63, 3.8) is 0 Å². The number of nitrogens with one attached hydrogen (secondary N) is 1. The number of urea groups is 1. The number of hydrogen-bond donors (Lipinski definition) is 1. The minimum Gasteiger partial charge on any atom is -0.348 e. The minimum absolute atomic E-state index is 0.0126. The first-order chi connectivity index (χ1) is 14.8. The Morgan fingerprint density at radius 2 is 1.87 bits per heavy atom. The molecule has 2 aromatic rings. The van der Waals surface area contributed by atoms with E-state index in [0.29, 0.717) is 5.56 Å². The van der Waals surface area contributed by atoms with E-state index in [4.69, 9.17) is 11.6 Å². The molecule has 2 aromatic carbocycles. The Labute approximate surface area is 184 Å². The number of carbonyl (C=O) groups excluding carboxylic acids is 2. The highest BCUT2D eigenvalue weighted by Crippen LogP contribution is 2.41. The Morgan fingerprint density at radius 3 is 2.48 bits per heavy atom. The summed E-state index contributed by atoms with van der Waals surface area (Å²) in [6, 6.07) is 9.77. The van der Waals surface area contributed by atoms with Gasteiger partial charge in [0.1, 0.15) is 24.3 Å². The van der Waals surface area contributed by atoms with Crippen LogP contribution in [0.1, 0.15) is 43.1 Å². The first-order valence-corrected chi connectivity index (χ1v) is 10.5. The van der Waals surface area contributed by atoms with E-state index in [1.807, 2.05) is 0 Å². The molecule has 31 heavy (non-hydrogen) atoms. The Balaban J connectivity index is 1.48. The number of hydrazine groups is 1. The number of amides is 3. The van der Waals surface area contributed by atoms with Crippen LogP contribution in [0.5, 0.6) is 0 Å². The van der Waals surface area contributed by atoms with Crippen molar-refractivity contribution in [1.82, 2.24) is 20.2 Å². The fraction of sp³-hybridized carbons (Fsp3) is 0.364. The Hall–Kier alpha value is -2.71. The third-order valence-electron chi connectivity index (χ3n) is 5.66. The summed E-state index contributed by atoms with van der Waals surface area (Å²) in [4.78, 5) is 27.5. The van der Waals surface area contributed by atoms with E-state index in [9.17, 15) is 18.4 Å². The molecule has 1 N–H and O–H groups in total. The average molecular weight is 449 g/mol. The molecule has 1 saturated heterocycles. The number of nitrogens with zero attached hydrogens (tertiary/aromatic N) is 3. The lowest BCUT2D eigenvalue weighted by atomic mass is 10.1. The van der Waals surface area contributed by atoms with Crippen LogP contribution in [0.3, 0.4) is 0 Å². The van der Waals surface area contributed by atoms with E-state index in [-0.39, 0.29) is 35.4 Å². The predicted molar refractivity (Wildman–Crippen MR) is 112 cm³/mol. The zero-order chi connectivity index (χ0) is 22.3. The van der Waals surface area contributed by atoms with Crippen molar-refractivity contribution in [2.24, 2.45) is 0 Å². The molecule has 6 nitrogen and oxygen atoms in total. The lowest BCUT2D eigenvalue weighted by Gasteiger charge is -2.28. The molecule has 164 valence electrons. The van der Waals surface area contributed by atoms with E-state index in [1.54, 1.807) is 42.1 Å². The topological polar surface area (TPSA) is 55.9 Å². The minimum atomic E-state index is -0.558. The van der Waals surface area contributed by atoms with Gasteiger partial charge in [0, 0.05) is 13.1 Å². The normalized spacial score (nSPS) is 20.3. The summed E-state index contributed by atoms with van der Waals surface area (Å²) in [6.45, 7) is 1.55. The van der Waals surface area contributed by atoms with Gasteiger partial charge in [-0.3, -0.25) is 9.69 Å². The Bertz CT molecular complexity index is 1000. The highest BCUT2D eigenvalue weighted by atomic mass is 35.5. The Morgan fingerprint density at radius 1 is 1.19 bits per heavy atom. The van der Waals surface area contributed by atoms with Crippen molar-refractivity contribution in [1.29, 1.82) is 0 Å². The molecule has 3 amide bonds. The fourth-order valence-electron chi connectivity index (χ4n) is 3.87. The van der Waals surface area contributed by atoms with Crippen molar-refractivity contribution in [3.05, 3.63) is 70.2 Å². The smallest absolute Gasteiger partial charge is 0.336 e. The lowest BCUT2D eigenvalue weighted by molar-refractivity contribution is -0.125. The Kier molecular flexibility index (Phi) is 5.85. The SMILES string of the molecule is C[C@H](NC(=O)CN1C(=O)N(C2CC2)C(c2ccc(F)cc2)N1C)c1ccc(Cl)c(F)c1. The van der Waals surface area contributed by atoms with Crippen LogP contribution in [0, 0.1) is 11.6 Å². The van der Waals surface area contributed by atoms with Crippen molar-refractivity contribution in [2.45, 2.75) is 38.0 Å². The molecule has 0 aromatic heterocycles. The molecule has 9 heteroatoms. The molecule has 2 fully saturated rings. The zero-order valence-corrected chi connectivity index (χ0v) is 17.9. The van der Waals surface area contributed by atoms with Gasteiger partial charge in [0.05, 0.1) is 11.1 Å². The van der Waals surface area contributed by atoms with Gasteiger partial charge in [-0.25, -0.2) is 18.6 Å². The molecular weight excluding hydrogens is 426 g/mol. The standard InChI is InChI=1S/C22H23ClF2N4O2/c1-13(15-5-10-18(23)19(25)11-15)26-20(30)12-28-22(31)29(17-8-9-17)21(27(28)2)14-3-6-16(24)7-4-14/h3-7,10-11,13,17,21H,8-9,12H2,1-2H3,(H,26,30)/t13-,21?/m0/s1. The van der Waals surface area contributed by atoms with Gasteiger partial charge in [-0.05, 0) is 55.2 Å². The second-order valence-electron chi connectivity index (χ2n) is 7.94. The highest BCUT2D eigenvalue weighted by molar-refractivity contribution is 6.30. The lowest BCUT2D eigenvalue weighted by Crippen LogP contribution is -2.44. The number of carbonyl (C=O) groups is 2. The van der Waals surface area contributed by atoms with Crippen LogP contribution in [0.15, 0.2) is 42.5 Å². The van der Waals surface area contributed by atoms with Crippen LogP contribution in [-0.4, -0.2) is 46.5 Å². The molecule has 2 atom stereocenters. The molecule has 1 heterocycles. The van der Waals surface area contributed by atoms with Crippen LogP contribution < -0.4 is 5.32 Å². The first kappa shape index (κ1) is 21.5. The molecule has 1 aliphatic heterocycles. The molecule has 0 radical (unpaired) electrons. The first-order valence-electron chi connectivity index (χ1n) is 10.1. The zero-order valence-electron chi connectivity index (χ0n) is 17.2. The van der Waals surface area contributed by atoms with Gasteiger partial charge < -0.3 is 5.32 Å². The van der Waals surface area contributed by atoms with E-state index < -0.39 is 18.0 Å². The van der Waals surface area contributed by atoms with Crippen LogP contribution >= 0.6 is 11.6 Å². The highest BCUT2D eigenvalue weighted by Gasteiger charge is 2.49. The van der Waals surface area contributed by atoms with Crippen molar-refractivity contribution in [3.8, 4) is 0 Å². The second-order valence-corrected chi connectivity index (χ2v) is 8.35. The molecule has 1 saturated carbocycles. The molecular formula is C22H23ClF2N4O2. The van der Waals surface area contributed by atoms with Crippen molar-refractivity contribution < 1.29 is 18.4 Å². The summed E-state index contributed by atoms with van der Waals surface area (Å²) in [7, 11) is 1.74. The summed E-state index contributed by atoms with van der Waals surface area (Å²) in [5, 5.41) is 5.90. The van der Waals surface area contributed by atoms with E-state index in [2.05, 4.69) is 5.32 Å². The second kappa shape index (κ2) is 8.43. The van der Waals surface area contributed by atoms with Crippen molar-refractivity contribution >= 4 is 23.5 Å². The van der Waals surface area contributed by atoms with Gasteiger partial charge >= 0.3 is 6.03 Å². The maximum absolute atomic E-state index is 13.7.